The Bertz CT molecular complexity index is 863. The summed E-state index contributed by atoms with van der Waals surface area (Å²) >= 11 is 0. The summed E-state index contributed by atoms with van der Waals surface area (Å²) < 4.78 is 40.3. The molecule has 2 rings (SSSR count). The number of carbonyl (C=O) groups excluding carboxylic acids is 1. The van der Waals surface area contributed by atoms with Crippen LogP contribution < -0.4 is 4.72 Å². The van der Waals surface area contributed by atoms with E-state index in [0.29, 0.717) is 12.5 Å². The van der Waals surface area contributed by atoms with Gasteiger partial charge in [-0.3, -0.25) is 4.79 Å². The molecule has 1 amide bonds. The fourth-order valence-electron chi connectivity index (χ4n) is 2.59. The van der Waals surface area contributed by atoms with E-state index >= 15 is 0 Å². The van der Waals surface area contributed by atoms with Crippen molar-refractivity contribution in [2.45, 2.75) is 38.1 Å². The summed E-state index contributed by atoms with van der Waals surface area (Å²) in [4.78, 5) is 13.5. The van der Waals surface area contributed by atoms with Crippen molar-refractivity contribution in [3.63, 3.8) is 0 Å². The van der Waals surface area contributed by atoms with E-state index in [1.165, 1.54) is 24.0 Å². The van der Waals surface area contributed by atoms with Gasteiger partial charge < -0.3 is 4.90 Å². The van der Waals surface area contributed by atoms with E-state index in [9.17, 15) is 17.6 Å². The van der Waals surface area contributed by atoms with Crippen LogP contribution in [-0.2, 0) is 21.4 Å². The summed E-state index contributed by atoms with van der Waals surface area (Å²) in [7, 11) is -3.64. The Balaban J connectivity index is 1.96. The molecule has 1 N–H and O–H groups in total. The van der Waals surface area contributed by atoms with Gasteiger partial charge in [0.15, 0.2) is 0 Å². The average Bonchev–Trinajstić information content (AvgIpc) is 2.62. The molecule has 0 atom stereocenters. The Morgan fingerprint density at radius 2 is 1.67 bits per heavy atom. The van der Waals surface area contributed by atoms with E-state index in [2.05, 4.69) is 4.72 Å². The minimum atomic E-state index is -3.64. The van der Waals surface area contributed by atoms with Crippen LogP contribution in [0.4, 0.5) is 4.39 Å². The van der Waals surface area contributed by atoms with E-state index in [0.717, 1.165) is 11.1 Å². The predicted octanol–water partition coefficient (Wildman–Crippen LogP) is 3.28. The highest BCUT2D eigenvalue weighted by molar-refractivity contribution is 7.89. The molecule has 2 aromatic rings. The zero-order chi connectivity index (χ0) is 20.0. The number of sulfonamides is 1. The van der Waals surface area contributed by atoms with E-state index < -0.39 is 10.0 Å². The first kappa shape index (κ1) is 21.1. The molecule has 27 heavy (non-hydrogen) atoms. The van der Waals surface area contributed by atoms with Gasteiger partial charge in [-0.05, 0) is 41.3 Å². The van der Waals surface area contributed by atoms with Crippen LogP contribution >= 0.6 is 0 Å². The zero-order valence-electron chi connectivity index (χ0n) is 15.8. The topological polar surface area (TPSA) is 66.5 Å². The van der Waals surface area contributed by atoms with E-state index in [4.69, 9.17) is 0 Å². The third-order valence-electron chi connectivity index (χ3n) is 4.26. The number of nitrogens with zero attached hydrogens (tertiary/aromatic N) is 1. The highest BCUT2D eigenvalue weighted by Crippen LogP contribution is 2.17. The quantitative estimate of drug-likeness (QED) is 0.750. The molecule has 0 unspecified atom stereocenters. The molecule has 0 aliphatic rings. The van der Waals surface area contributed by atoms with Crippen LogP contribution in [0.5, 0.6) is 0 Å². The van der Waals surface area contributed by atoms with Crippen molar-refractivity contribution in [3.8, 4) is 0 Å². The third-order valence-corrected chi connectivity index (χ3v) is 5.74. The van der Waals surface area contributed by atoms with Crippen molar-refractivity contribution in [1.82, 2.24) is 9.62 Å². The molecular weight excluding hydrogens is 367 g/mol. The molecule has 0 heterocycles. The number of nitrogens with one attached hydrogen (secondary N) is 1. The molecule has 0 radical (unpaired) electrons. The van der Waals surface area contributed by atoms with E-state index in [1.54, 1.807) is 36.4 Å². The molecule has 0 fully saturated rings. The number of carbonyl (C=O) groups is 1. The second-order valence-corrected chi connectivity index (χ2v) is 8.46. The van der Waals surface area contributed by atoms with Gasteiger partial charge in [0.2, 0.25) is 15.9 Å². The van der Waals surface area contributed by atoms with Gasteiger partial charge in [-0.25, -0.2) is 17.5 Å². The first-order chi connectivity index (χ1) is 12.7. The second kappa shape index (κ2) is 9.10. The average molecular weight is 392 g/mol. The lowest BCUT2D eigenvalue weighted by Crippen LogP contribution is -2.37. The Labute approximate surface area is 160 Å². The second-order valence-electron chi connectivity index (χ2n) is 6.69. The molecule has 0 spiro atoms. The molecule has 146 valence electrons. The van der Waals surface area contributed by atoms with Crippen molar-refractivity contribution in [1.29, 1.82) is 0 Å². The lowest BCUT2D eigenvalue weighted by molar-refractivity contribution is -0.129. The van der Waals surface area contributed by atoms with Crippen LogP contribution in [0.25, 0.3) is 0 Å². The highest BCUT2D eigenvalue weighted by Gasteiger charge is 2.16. The minimum Gasteiger partial charge on any atom is -0.337 e. The largest absolute Gasteiger partial charge is 0.337 e. The fraction of sp³-hybridized carbons (Fsp3) is 0.350. The molecule has 0 bridgehead atoms. The SMILES string of the molecule is CC(=O)N(CCNS(=O)(=O)c1ccc(C(C)C)cc1)Cc1ccc(F)cc1. The fourth-order valence-corrected chi connectivity index (χ4v) is 3.61. The Morgan fingerprint density at radius 3 is 2.19 bits per heavy atom. The van der Waals surface area contributed by atoms with Crippen LogP contribution in [0.15, 0.2) is 53.4 Å². The highest BCUT2D eigenvalue weighted by atomic mass is 32.2. The lowest BCUT2D eigenvalue weighted by atomic mass is 10.0. The standard InChI is InChI=1S/C20H25FN2O3S/c1-15(2)18-6-10-20(11-7-18)27(25,26)22-12-13-23(16(3)24)14-17-4-8-19(21)9-5-17/h4-11,15,22H,12-14H2,1-3H3. The maximum atomic E-state index is 13.0. The van der Waals surface area contributed by atoms with E-state index in [-0.39, 0.29) is 29.7 Å². The van der Waals surface area contributed by atoms with E-state index in [1.807, 2.05) is 13.8 Å². The summed E-state index contributed by atoms with van der Waals surface area (Å²) in [6, 6.07) is 12.6. The summed E-state index contributed by atoms with van der Waals surface area (Å²) in [6.07, 6.45) is 0. The Kier molecular flexibility index (Phi) is 7.10. The van der Waals surface area contributed by atoms with Crippen molar-refractivity contribution in [2.24, 2.45) is 0 Å². The van der Waals surface area contributed by atoms with Crippen molar-refractivity contribution in [2.75, 3.05) is 13.1 Å². The molecule has 0 aromatic heterocycles. The maximum Gasteiger partial charge on any atom is 0.240 e. The van der Waals surface area contributed by atoms with Gasteiger partial charge in [0.05, 0.1) is 4.90 Å². The lowest BCUT2D eigenvalue weighted by Gasteiger charge is -2.21. The summed E-state index contributed by atoms with van der Waals surface area (Å²) in [5, 5.41) is 0. The first-order valence-electron chi connectivity index (χ1n) is 8.78. The molecule has 2 aromatic carbocycles. The van der Waals surface area contributed by atoms with Crippen LogP contribution in [-0.4, -0.2) is 32.3 Å². The molecule has 0 aliphatic heterocycles. The van der Waals surface area contributed by atoms with Gasteiger partial charge in [-0.15, -0.1) is 0 Å². The van der Waals surface area contributed by atoms with Gasteiger partial charge in [-0.2, -0.15) is 0 Å². The molecular formula is C20H25FN2O3S. The Morgan fingerprint density at radius 1 is 1.07 bits per heavy atom. The minimum absolute atomic E-state index is 0.0923. The monoisotopic (exact) mass is 392 g/mol. The molecule has 0 saturated carbocycles. The summed E-state index contributed by atoms with van der Waals surface area (Å²) in [5.41, 5.74) is 1.84. The number of amides is 1. The van der Waals surface area contributed by atoms with Crippen molar-refractivity contribution >= 4 is 15.9 Å². The van der Waals surface area contributed by atoms with Crippen LogP contribution in [0.2, 0.25) is 0 Å². The number of hydrogen-bond donors (Lipinski definition) is 1. The van der Waals surface area contributed by atoms with Crippen LogP contribution in [0.1, 0.15) is 37.8 Å². The molecule has 5 nitrogen and oxygen atoms in total. The first-order valence-corrected chi connectivity index (χ1v) is 10.3. The van der Waals surface area contributed by atoms with Crippen LogP contribution in [0, 0.1) is 5.82 Å². The van der Waals surface area contributed by atoms with Gasteiger partial charge in [-0.1, -0.05) is 38.1 Å². The Hall–Kier alpha value is -2.25. The number of hydrogen-bond acceptors (Lipinski definition) is 3. The number of halogens is 1. The predicted molar refractivity (Wildman–Crippen MR) is 103 cm³/mol. The van der Waals surface area contributed by atoms with Crippen molar-refractivity contribution in [3.05, 3.63) is 65.5 Å². The molecule has 7 heteroatoms. The van der Waals surface area contributed by atoms with Gasteiger partial charge in [0.25, 0.3) is 0 Å². The van der Waals surface area contributed by atoms with Crippen molar-refractivity contribution < 1.29 is 17.6 Å². The van der Waals surface area contributed by atoms with Gasteiger partial charge in [0.1, 0.15) is 5.82 Å². The summed E-state index contributed by atoms with van der Waals surface area (Å²) in [5.74, 6) is -0.200. The third kappa shape index (κ3) is 6.15. The van der Waals surface area contributed by atoms with Gasteiger partial charge in [0, 0.05) is 26.6 Å². The number of benzene rings is 2. The maximum absolute atomic E-state index is 13.0. The zero-order valence-corrected chi connectivity index (χ0v) is 16.6. The molecule has 0 aliphatic carbocycles. The van der Waals surface area contributed by atoms with Crippen LogP contribution in [0.3, 0.4) is 0 Å². The smallest absolute Gasteiger partial charge is 0.240 e. The number of rotatable bonds is 8. The van der Waals surface area contributed by atoms with Gasteiger partial charge >= 0.3 is 0 Å². The molecule has 0 saturated heterocycles. The summed E-state index contributed by atoms with van der Waals surface area (Å²) in [6.45, 7) is 6.10. The normalized spacial score (nSPS) is 11.6.